The van der Waals surface area contributed by atoms with Crippen LogP contribution in [0.4, 0.5) is 0 Å². The second-order valence-corrected chi connectivity index (χ2v) is 5.29. The molecule has 2 rings (SSSR count). The summed E-state index contributed by atoms with van der Waals surface area (Å²) in [6.45, 7) is 7.72. The first-order chi connectivity index (χ1) is 8.91. The highest BCUT2D eigenvalue weighted by Gasteiger charge is 2.22. The van der Waals surface area contributed by atoms with Crippen molar-refractivity contribution in [3.63, 3.8) is 0 Å². The first-order valence-corrected chi connectivity index (χ1v) is 6.50. The molecule has 0 aliphatic carbocycles. The minimum absolute atomic E-state index is 0.0669. The Kier molecular flexibility index (Phi) is 3.71. The summed E-state index contributed by atoms with van der Waals surface area (Å²) < 4.78 is 1.63. The van der Waals surface area contributed by atoms with Gasteiger partial charge in [-0.05, 0) is 38.8 Å². The second-order valence-electron chi connectivity index (χ2n) is 4.89. The standard InChI is InChI=1S/C14H16ClN3O/c1-8(2)18-13(11(15)7-17-18)14(19)12-10(4)5-9(3)6-16-12/h5-8H,1-4H3. The normalized spacial score (nSPS) is 11.1. The van der Waals surface area contributed by atoms with E-state index in [4.69, 9.17) is 11.6 Å². The molecule has 2 heterocycles. The number of nitrogens with zero attached hydrogens (tertiary/aromatic N) is 3. The van der Waals surface area contributed by atoms with Crippen LogP contribution in [0.25, 0.3) is 0 Å². The van der Waals surface area contributed by atoms with Crippen molar-refractivity contribution in [2.75, 3.05) is 0 Å². The van der Waals surface area contributed by atoms with E-state index in [1.54, 1.807) is 10.9 Å². The van der Waals surface area contributed by atoms with Crippen LogP contribution in [0.5, 0.6) is 0 Å². The van der Waals surface area contributed by atoms with Gasteiger partial charge in [0.1, 0.15) is 11.4 Å². The van der Waals surface area contributed by atoms with E-state index in [2.05, 4.69) is 10.1 Å². The Morgan fingerprint density at radius 3 is 2.58 bits per heavy atom. The Morgan fingerprint density at radius 1 is 1.32 bits per heavy atom. The van der Waals surface area contributed by atoms with Gasteiger partial charge in [0.25, 0.3) is 0 Å². The van der Waals surface area contributed by atoms with Crippen LogP contribution >= 0.6 is 11.6 Å². The fourth-order valence-electron chi connectivity index (χ4n) is 2.01. The summed E-state index contributed by atoms with van der Waals surface area (Å²) in [6, 6.07) is 2.00. The zero-order valence-corrected chi connectivity index (χ0v) is 12.2. The third-order valence-corrected chi connectivity index (χ3v) is 3.16. The van der Waals surface area contributed by atoms with Gasteiger partial charge in [0.05, 0.1) is 11.2 Å². The molecule has 0 aromatic carbocycles. The lowest BCUT2D eigenvalue weighted by Crippen LogP contribution is -2.16. The van der Waals surface area contributed by atoms with Crippen LogP contribution in [-0.4, -0.2) is 20.5 Å². The maximum Gasteiger partial charge on any atom is 0.231 e. The number of carbonyl (C=O) groups excluding carboxylic acids is 1. The predicted octanol–water partition coefficient (Wildman–Crippen LogP) is 3.36. The molecule has 100 valence electrons. The number of hydrogen-bond acceptors (Lipinski definition) is 3. The average molecular weight is 278 g/mol. The number of hydrogen-bond donors (Lipinski definition) is 0. The molecule has 5 heteroatoms. The van der Waals surface area contributed by atoms with E-state index >= 15 is 0 Å². The van der Waals surface area contributed by atoms with Gasteiger partial charge in [0.15, 0.2) is 0 Å². The summed E-state index contributed by atoms with van der Waals surface area (Å²) in [4.78, 5) is 16.8. The van der Waals surface area contributed by atoms with Crippen molar-refractivity contribution in [3.8, 4) is 0 Å². The zero-order valence-electron chi connectivity index (χ0n) is 11.4. The SMILES string of the molecule is Cc1cnc(C(=O)c2c(Cl)cnn2C(C)C)c(C)c1. The summed E-state index contributed by atoms with van der Waals surface area (Å²) >= 11 is 6.09. The number of aromatic nitrogens is 3. The van der Waals surface area contributed by atoms with Crippen molar-refractivity contribution in [3.05, 3.63) is 46.0 Å². The molecular formula is C14H16ClN3O. The highest BCUT2D eigenvalue weighted by molar-refractivity contribution is 6.34. The molecule has 0 bridgehead atoms. The minimum atomic E-state index is -0.186. The molecule has 4 nitrogen and oxygen atoms in total. The van der Waals surface area contributed by atoms with Crippen molar-refractivity contribution in [2.24, 2.45) is 0 Å². The number of pyridine rings is 1. The van der Waals surface area contributed by atoms with Crippen LogP contribution < -0.4 is 0 Å². The summed E-state index contributed by atoms with van der Waals surface area (Å²) in [7, 11) is 0. The van der Waals surface area contributed by atoms with Crippen LogP contribution in [-0.2, 0) is 0 Å². The van der Waals surface area contributed by atoms with Gasteiger partial charge in [-0.15, -0.1) is 0 Å². The lowest BCUT2D eigenvalue weighted by Gasteiger charge is -2.11. The monoisotopic (exact) mass is 277 g/mol. The molecule has 0 N–H and O–H groups in total. The largest absolute Gasteiger partial charge is 0.285 e. The molecule has 0 unspecified atom stereocenters. The average Bonchev–Trinajstić information content (AvgIpc) is 2.70. The van der Waals surface area contributed by atoms with Crippen LogP contribution in [0.3, 0.4) is 0 Å². The van der Waals surface area contributed by atoms with Crippen molar-refractivity contribution in [1.82, 2.24) is 14.8 Å². The summed E-state index contributed by atoms with van der Waals surface area (Å²) in [5, 5.41) is 4.51. The minimum Gasteiger partial charge on any atom is -0.285 e. The van der Waals surface area contributed by atoms with Crippen LogP contribution in [0, 0.1) is 13.8 Å². The number of carbonyl (C=O) groups is 1. The molecule has 0 aliphatic rings. The van der Waals surface area contributed by atoms with E-state index in [1.807, 2.05) is 33.8 Å². The molecule has 0 saturated heterocycles. The Labute approximate surface area is 117 Å². The van der Waals surface area contributed by atoms with Crippen molar-refractivity contribution in [1.29, 1.82) is 0 Å². The Hall–Kier alpha value is -1.68. The molecule has 0 saturated carbocycles. The van der Waals surface area contributed by atoms with E-state index in [1.165, 1.54) is 6.20 Å². The molecule has 0 aliphatic heterocycles. The van der Waals surface area contributed by atoms with Crippen LogP contribution in [0.15, 0.2) is 18.5 Å². The molecule has 0 amide bonds. The van der Waals surface area contributed by atoms with Gasteiger partial charge in [-0.25, -0.2) is 0 Å². The molecule has 2 aromatic heterocycles. The molecule has 2 aromatic rings. The Balaban J connectivity index is 2.53. The summed E-state index contributed by atoms with van der Waals surface area (Å²) in [5.41, 5.74) is 2.70. The third-order valence-electron chi connectivity index (χ3n) is 2.89. The van der Waals surface area contributed by atoms with Crippen LogP contribution in [0.2, 0.25) is 5.02 Å². The molecule has 19 heavy (non-hydrogen) atoms. The number of ketones is 1. The van der Waals surface area contributed by atoms with Gasteiger partial charge in [-0.3, -0.25) is 14.5 Å². The molecule has 0 fully saturated rings. The predicted molar refractivity (Wildman–Crippen MR) is 74.8 cm³/mol. The second kappa shape index (κ2) is 5.13. The molecule has 0 radical (unpaired) electrons. The van der Waals surface area contributed by atoms with Gasteiger partial charge >= 0.3 is 0 Å². The fourth-order valence-corrected chi connectivity index (χ4v) is 2.23. The Morgan fingerprint density at radius 2 is 2.00 bits per heavy atom. The maximum atomic E-state index is 12.6. The first kappa shape index (κ1) is 13.7. The number of halogens is 1. The highest BCUT2D eigenvalue weighted by Crippen LogP contribution is 2.22. The number of rotatable bonds is 3. The summed E-state index contributed by atoms with van der Waals surface area (Å²) in [6.07, 6.45) is 3.18. The van der Waals surface area contributed by atoms with E-state index in [-0.39, 0.29) is 11.8 Å². The van der Waals surface area contributed by atoms with Gasteiger partial charge < -0.3 is 0 Å². The highest BCUT2D eigenvalue weighted by atomic mass is 35.5. The Bertz CT molecular complexity index is 632. The molecular weight excluding hydrogens is 262 g/mol. The van der Waals surface area contributed by atoms with Gasteiger partial charge in [0, 0.05) is 12.2 Å². The van der Waals surface area contributed by atoms with E-state index in [9.17, 15) is 4.79 Å². The van der Waals surface area contributed by atoms with E-state index < -0.39 is 0 Å². The van der Waals surface area contributed by atoms with E-state index in [0.29, 0.717) is 16.4 Å². The molecule has 0 atom stereocenters. The third kappa shape index (κ3) is 2.54. The number of aryl methyl sites for hydroxylation is 2. The topological polar surface area (TPSA) is 47.8 Å². The van der Waals surface area contributed by atoms with Gasteiger partial charge in [0.2, 0.25) is 5.78 Å². The van der Waals surface area contributed by atoms with Crippen molar-refractivity contribution < 1.29 is 4.79 Å². The van der Waals surface area contributed by atoms with Crippen molar-refractivity contribution in [2.45, 2.75) is 33.7 Å². The lowest BCUT2D eigenvalue weighted by molar-refractivity contribution is 0.102. The van der Waals surface area contributed by atoms with Gasteiger partial charge in [-0.2, -0.15) is 5.10 Å². The lowest BCUT2D eigenvalue weighted by atomic mass is 10.1. The van der Waals surface area contributed by atoms with Gasteiger partial charge in [-0.1, -0.05) is 17.7 Å². The van der Waals surface area contributed by atoms with Crippen LogP contribution in [0.1, 0.15) is 47.2 Å². The maximum absolute atomic E-state index is 12.6. The summed E-state index contributed by atoms with van der Waals surface area (Å²) in [5.74, 6) is -0.186. The van der Waals surface area contributed by atoms with E-state index in [0.717, 1.165) is 11.1 Å². The molecule has 0 spiro atoms. The van der Waals surface area contributed by atoms with Crippen molar-refractivity contribution >= 4 is 17.4 Å². The first-order valence-electron chi connectivity index (χ1n) is 6.12. The quantitative estimate of drug-likeness (QED) is 0.808. The fraction of sp³-hybridized carbons (Fsp3) is 0.357. The smallest absolute Gasteiger partial charge is 0.231 e. The zero-order chi connectivity index (χ0) is 14.2.